The molecule has 0 saturated heterocycles. The highest BCUT2D eigenvalue weighted by atomic mass is 28.4. The van der Waals surface area contributed by atoms with E-state index in [2.05, 4.69) is 11.9 Å². The molecular weight excluding hydrogens is 370 g/mol. The molecular formula is C16H43N3O5Si2. The monoisotopic (exact) mass is 413 g/mol. The van der Waals surface area contributed by atoms with Crippen LogP contribution < -0.4 is 16.8 Å². The molecule has 0 fully saturated rings. The molecule has 0 heterocycles. The molecule has 0 saturated carbocycles. The molecule has 1 atom stereocenters. The highest BCUT2D eigenvalue weighted by Crippen LogP contribution is 2.15. The predicted molar refractivity (Wildman–Crippen MR) is 112 cm³/mol. The van der Waals surface area contributed by atoms with Gasteiger partial charge in [0.1, 0.15) is 0 Å². The Labute approximate surface area is 163 Å². The summed E-state index contributed by atoms with van der Waals surface area (Å²) in [4.78, 5) is 0. The molecule has 0 radical (unpaired) electrons. The van der Waals surface area contributed by atoms with Crippen molar-refractivity contribution in [2.75, 3.05) is 60.7 Å². The van der Waals surface area contributed by atoms with Crippen LogP contribution in [0.4, 0.5) is 0 Å². The number of hydrogen-bond donors (Lipinski definition) is 3. The van der Waals surface area contributed by atoms with E-state index in [4.69, 9.17) is 33.6 Å². The summed E-state index contributed by atoms with van der Waals surface area (Å²) in [6, 6.07) is 1.03. The molecule has 0 aliphatic carbocycles. The molecule has 0 aromatic carbocycles. The molecule has 26 heavy (non-hydrogen) atoms. The van der Waals surface area contributed by atoms with Gasteiger partial charge in [0.25, 0.3) is 0 Å². The minimum absolute atomic E-state index is 0.493. The van der Waals surface area contributed by atoms with Crippen LogP contribution in [0.3, 0.4) is 0 Å². The molecule has 0 amide bonds. The molecule has 0 aromatic rings. The van der Waals surface area contributed by atoms with Gasteiger partial charge in [0.2, 0.25) is 0 Å². The summed E-state index contributed by atoms with van der Waals surface area (Å²) in [7, 11) is 1.11. The SMILES string of the molecule is CCO[Si](C)(CCCNCC(CN)CCN)OCC.CO[SiH](OC)OC. The Hall–Kier alpha value is 0.114. The molecule has 0 aliphatic heterocycles. The summed E-state index contributed by atoms with van der Waals surface area (Å²) in [6.45, 7) is 11.0. The Morgan fingerprint density at radius 1 is 1.00 bits per heavy atom. The van der Waals surface area contributed by atoms with E-state index in [-0.39, 0.29) is 0 Å². The number of rotatable bonds is 16. The van der Waals surface area contributed by atoms with Gasteiger partial charge in [0, 0.05) is 34.5 Å². The number of nitrogens with two attached hydrogens (primary N) is 2. The largest absolute Gasteiger partial charge is 0.483 e. The molecule has 8 nitrogen and oxygen atoms in total. The standard InChI is InChI=1S/C13H33N3O2Si.C3H10O3Si/c1-4-17-19(3,18-5-2)10-6-9-16-12-13(11-15)7-8-14;1-4-7(5-2)6-3/h13,16H,4-12,14-15H2,1-3H3;7H,1-3H3. The maximum absolute atomic E-state index is 5.81. The highest BCUT2D eigenvalue weighted by Gasteiger charge is 2.29. The lowest BCUT2D eigenvalue weighted by molar-refractivity contribution is 0.163. The maximum atomic E-state index is 5.81. The van der Waals surface area contributed by atoms with Crippen molar-refractivity contribution in [1.29, 1.82) is 0 Å². The van der Waals surface area contributed by atoms with Gasteiger partial charge >= 0.3 is 18.1 Å². The van der Waals surface area contributed by atoms with E-state index in [9.17, 15) is 0 Å². The molecule has 160 valence electrons. The van der Waals surface area contributed by atoms with E-state index in [0.29, 0.717) is 19.0 Å². The topological polar surface area (TPSA) is 110 Å². The average molecular weight is 414 g/mol. The summed E-state index contributed by atoms with van der Waals surface area (Å²) >= 11 is 0. The van der Waals surface area contributed by atoms with Crippen LogP contribution in [-0.2, 0) is 22.1 Å². The Kier molecular flexibility index (Phi) is 21.6. The normalized spacial score (nSPS) is 12.8. The zero-order chi connectivity index (χ0) is 20.3. The zero-order valence-corrected chi connectivity index (χ0v) is 19.9. The first-order valence-electron chi connectivity index (χ1n) is 9.43. The van der Waals surface area contributed by atoms with Crippen molar-refractivity contribution in [2.24, 2.45) is 17.4 Å². The molecule has 0 rings (SSSR count). The van der Waals surface area contributed by atoms with Crippen LogP contribution in [0.25, 0.3) is 0 Å². The molecule has 0 aliphatic rings. The Balaban J connectivity index is 0. The van der Waals surface area contributed by atoms with E-state index in [1.807, 2.05) is 13.8 Å². The Bertz CT molecular complexity index is 279. The lowest BCUT2D eigenvalue weighted by Crippen LogP contribution is -2.39. The van der Waals surface area contributed by atoms with Gasteiger partial charge in [-0.05, 0) is 71.4 Å². The summed E-state index contributed by atoms with van der Waals surface area (Å²) in [5.74, 6) is 0.493. The first-order chi connectivity index (χ1) is 12.5. The third-order valence-electron chi connectivity index (χ3n) is 3.80. The van der Waals surface area contributed by atoms with E-state index < -0.39 is 18.1 Å². The molecule has 0 aromatic heterocycles. The van der Waals surface area contributed by atoms with E-state index in [0.717, 1.165) is 45.2 Å². The van der Waals surface area contributed by atoms with Gasteiger partial charge < -0.3 is 38.9 Å². The summed E-state index contributed by atoms with van der Waals surface area (Å²) < 4.78 is 25.8. The second kappa shape index (κ2) is 19.9. The van der Waals surface area contributed by atoms with Crippen LogP contribution >= 0.6 is 0 Å². The highest BCUT2D eigenvalue weighted by molar-refractivity contribution is 6.66. The zero-order valence-electron chi connectivity index (χ0n) is 17.7. The van der Waals surface area contributed by atoms with Gasteiger partial charge in [-0.2, -0.15) is 0 Å². The fourth-order valence-corrected chi connectivity index (χ4v) is 5.45. The Morgan fingerprint density at radius 3 is 1.88 bits per heavy atom. The summed E-state index contributed by atoms with van der Waals surface area (Å²) in [5.41, 5.74) is 11.2. The summed E-state index contributed by atoms with van der Waals surface area (Å²) in [6.07, 6.45) is 2.08. The van der Waals surface area contributed by atoms with Crippen LogP contribution in [0.1, 0.15) is 26.7 Å². The molecule has 10 heteroatoms. The van der Waals surface area contributed by atoms with Crippen molar-refractivity contribution in [2.45, 2.75) is 39.3 Å². The first-order valence-corrected chi connectivity index (χ1v) is 13.4. The second-order valence-corrected chi connectivity index (χ2v) is 11.3. The Morgan fingerprint density at radius 2 is 1.54 bits per heavy atom. The quantitative estimate of drug-likeness (QED) is 0.250. The lowest BCUT2D eigenvalue weighted by Gasteiger charge is -2.26. The number of nitrogens with one attached hydrogen (secondary N) is 1. The summed E-state index contributed by atoms with van der Waals surface area (Å²) in [5, 5.41) is 3.45. The first kappa shape index (κ1) is 28.3. The minimum Gasteiger partial charge on any atom is -0.395 e. The van der Waals surface area contributed by atoms with Crippen LogP contribution in [0.5, 0.6) is 0 Å². The van der Waals surface area contributed by atoms with Crippen LogP contribution in [0.2, 0.25) is 12.6 Å². The minimum atomic E-state index is -1.93. The van der Waals surface area contributed by atoms with Crippen molar-refractivity contribution >= 4 is 18.1 Å². The molecule has 0 bridgehead atoms. The predicted octanol–water partition coefficient (Wildman–Crippen LogP) is 0.678. The third kappa shape index (κ3) is 16.3. The van der Waals surface area contributed by atoms with Crippen molar-refractivity contribution in [3.63, 3.8) is 0 Å². The molecule has 1 unspecified atom stereocenters. The van der Waals surface area contributed by atoms with Crippen LogP contribution in [0.15, 0.2) is 0 Å². The maximum Gasteiger partial charge on any atom is 0.483 e. The smallest absolute Gasteiger partial charge is 0.395 e. The van der Waals surface area contributed by atoms with Crippen LogP contribution in [-0.4, -0.2) is 78.8 Å². The van der Waals surface area contributed by atoms with Gasteiger partial charge in [-0.15, -0.1) is 0 Å². The van der Waals surface area contributed by atoms with E-state index in [1.165, 1.54) is 0 Å². The second-order valence-electron chi connectivity index (χ2n) is 5.98. The van der Waals surface area contributed by atoms with Gasteiger partial charge in [-0.25, -0.2) is 0 Å². The van der Waals surface area contributed by atoms with Gasteiger partial charge in [-0.1, -0.05) is 0 Å². The molecule has 5 N–H and O–H groups in total. The van der Waals surface area contributed by atoms with Crippen molar-refractivity contribution in [3.8, 4) is 0 Å². The van der Waals surface area contributed by atoms with Gasteiger partial charge in [0.05, 0.1) is 0 Å². The van der Waals surface area contributed by atoms with Crippen molar-refractivity contribution in [3.05, 3.63) is 0 Å². The lowest BCUT2D eigenvalue weighted by atomic mass is 10.1. The fraction of sp³-hybridized carbons (Fsp3) is 1.00. The van der Waals surface area contributed by atoms with Crippen molar-refractivity contribution < 1.29 is 22.1 Å². The fourth-order valence-electron chi connectivity index (χ4n) is 2.46. The molecule has 0 spiro atoms. The van der Waals surface area contributed by atoms with E-state index >= 15 is 0 Å². The van der Waals surface area contributed by atoms with E-state index in [1.54, 1.807) is 21.3 Å². The van der Waals surface area contributed by atoms with Gasteiger partial charge in [-0.3, -0.25) is 0 Å². The third-order valence-corrected chi connectivity index (χ3v) is 8.02. The number of hydrogen-bond acceptors (Lipinski definition) is 8. The van der Waals surface area contributed by atoms with Crippen molar-refractivity contribution in [1.82, 2.24) is 5.32 Å². The average Bonchev–Trinajstić information content (AvgIpc) is 2.63. The van der Waals surface area contributed by atoms with Gasteiger partial charge in [0.15, 0.2) is 0 Å². The van der Waals surface area contributed by atoms with Crippen LogP contribution in [0, 0.1) is 5.92 Å².